The zero-order valence-corrected chi connectivity index (χ0v) is 13.6. The molecule has 0 bridgehead atoms. The van der Waals surface area contributed by atoms with E-state index in [4.69, 9.17) is 4.74 Å². The fourth-order valence-electron chi connectivity index (χ4n) is 3.05. The van der Waals surface area contributed by atoms with Crippen LogP contribution in [0, 0.1) is 0 Å². The molecule has 1 heterocycles. The van der Waals surface area contributed by atoms with Gasteiger partial charge in [0.1, 0.15) is 5.75 Å². The third kappa shape index (κ3) is 3.30. The van der Waals surface area contributed by atoms with Crippen LogP contribution in [0.1, 0.15) is 46.7 Å². The van der Waals surface area contributed by atoms with Crippen molar-refractivity contribution in [2.75, 3.05) is 7.11 Å². The van der Waals surface area contributed by atoms with Crippen molar-refractivity contribution in [2.45, 2.75) is 45.2 Å². The molecule has 2 nitrogen and oxygen atoms in total. The third-order valence-corrected chi connectivity index (χ3v) is 5.49. The van der Waals surface area contributed by atoms with Crippen molar-refractivity contribution >= 4 is 11.3 Å². The van der Waals surface area contributed by atoms with E-state index in [-0.39, 0.29) is 0 Å². The van der Waals surface area contributed by atoms with Gasteiger partial charge in [-0.1, -0.05) is 13.0 Å². The largest absolute Gasteiger partial charge is 0.497 e. The highest BCUT2D eigenvalue weighted by molar-refractivity contribution is 7.11. The summed E-state index contributed by atoms with van der Waals surface area (Å²) in [5.41, 5.74) is 2.90. The molecule has 112 valence electrons. The Labute approximate surface area is 131 Å². The van der Waals surface area contributed by atoms with Crippen LogP contribution in [0.25, 0.3) is 0 Å². The highest BCUT2D eigenvalue weighted by atomic mass is 32.1. The van der Waals surface area contributed by atoms with E-state index in [1.807, 2.05) is 11.3 Å². The van der Waals surface area contributed by atoms with Crippen molar-refractivity contribution in [2.24, 2.45) is 0 Å². The van der Waals surface area contributed by atoms with Crippen LogP contribution in [0.4, 0.5) is 0 Å². The number of methoxy groups -OCH3 is 1. The minimum atomic E-state index is 0.455. The lowest BCUT2D eigenvalue weighted by Crippen LogP contribution is -2.24. The van der Waals surface area contributed by atoms with Gasteiger partial charge in [0.25, 0.3) is 0 Å². The lowest BCUT2D eigenvalue weighted by atomic mass is 9.87. The molecular formula is C18H23NOS. The number of nitrogens with one attached hydrogen (secondary N) is 1. The Hall–Kier alpha value is -1.32. The molecule has 0 saturated carbocycles. The maximum atomic E-state index is 5.38. The fourth-order valence-corrected chi connectivity index (χ4v) is 3.96. The molecule has 0 radical (unpaired) electrons. The topological polar surface area (TPSA) is 21.3 Å². The second-order valence-corrected chi connectivity index (χ2v) is 6.86. The van der Waals surface area contributed by atoms with Crippen LogP contribution in [-0.4, -0.2) is 7.11 Å². The summed E-state index contributed by atoms with van der Waals surface area (Å²) in [5, 5.41) is 3.74. The van der Waals surface area contributed by atoms with E-state index >= 15 is 0 Å². The smallest absolute Gasteiger partial charge is 0.119 e. The summed E-state index contributed by atoms with van der Waals surface area (Å²) in [6.07, 6.45) is 4.80. The fraction of sp³-hybridized carbons (Fsp3) is 0.444. The highest BCUT2D eigenvalue weighted by Crippen LogP contribution is 2.32. The van der Waals surface area contributed by atoms with Gasteiger partial charge in [0, 0.05) is 22.3 Å². The van der Waals surface area contributed by atoms with E-state index in [1.54, 1.807) is 7.11 Å². The van der Waals surface area contributed by atoms with Crippen LogP contribution in [0.15, 0.2) is 30.3 Å². The first kappa shape index (κ1) is 14.6. The van der Waals surface area contributed by atoms with E-state index in [0.717, 1.165) is 18.7 Å². The zero-order chi connectivity index (χ0) is 14.7. The Morgan fingerprint density at radius 3 is 2.86 bits per heavy atom. The summed E-state index contributed by atoms with van der Waals surface area (Å²) < 4.78 is 5.38. The first-order valence-corrected chi connectivity index (χ1v) is 8.59. The average Bonchev–Trinajstić information content (AvgIpc) is 3.00. The van der Waals surface area contributed by atoms with Gasteiger partial charge in [-0.2, -0.15) is 0 Å². The lowest BCUT2D eigenvalue weighted by Gasteiger charge is -2.27. The van der Waals surface area contributed by atoms with Gasteiger partial charge >= 0.3 is 0 Å². The number of thiophene rings is 1. The lowest BCUT2D eigenvalue weighted by molar-refractivity contribution is 0.408. The molecule has 2 aromatic rings. The van der Waals surface area contributed by atoms with Gasteiger partial charge in [-0.3, -0.25) is 0 Å². The Kier molecular flexibility index (Phi) is 4.61. The quantitative estimate of drug-likeness (QED) is 0.879. The molecule has 3 rings (SSSR count). The van der Waals surface area contributed by atoms with Gasteiger partial charge in [0.05, 0.1) is 7.11 Å². The second kappa shape index (κ2) is 6.63. The van der Waals surface area contributed by atoms with Crippen LogP contribution >= 0.6 is 11.3 Å². The molecule has 0 aliphatic heterocycles. The highest BCUT2D eigenvalue weighted by Gasteiger charge is 2.20. The molecule has 1 N–H and O–H groups in total. The maximum absolute atomic E-state index is 5.38. The molecule has 1 aromatic heterocycles. The molecule has 1 aliphatic rings. The van der Waals surface area contributed by atoms with Crippen molar-refractivity contribution in [1.82, 2.24) is 5.32 Å². The SMILES string of the molecule is CCc1ccc(CNC2CCCc3ccc(OC)cc32)s1. The Morgan fingerprint density at radius 2 is 2.10 bits per heavy atom. The van der Waals surface area contributed by atoms with Crippen molar-refractivity contribution in [3.8, 4) is 5.75 Å². The molecule has 3 heteroatoms. The number of hydrogen-bond donors (Lipinski definition) is 1. The molecule has 0 saturated heterocycles. The summed E-state index contributed by atoms with van der Waals surface area (Å²) in [6.45, 7) is 3.18. The molecule has 0 spiro atoms. The van der Waals surface area contributed by atoms with E-state index in [9.17, 15) is 0 Å². The van der Waals surface area contributed by atoms with Crippen molar-refractivity contribution in [1.29, 1.82) is 0 Å². The van der Waals surface area contributed by atoms with Crippen LogP contribution in [0.2, 0.25) is 0 Å². The van der Waals surface area contributed by atoms with Gasteiger partial charge in [-0.25, -0.2) is 0 Å². The van der Waals surface area contributed by atoms with Gasteiger partial charge in [0.2, 0.25) is 0 Å². The summed E-state index contributed by atoms with van der Waals surface area (Å²) in [4.78, 5) is 2.90. The van der Waals surface area contributed by atoms with E-state index in [0.29, 0.717) is 6.04 Å². The van der Waals surface area contributed by atoms with Gasteiger partial charge in [-0.05, 0) is 61.1 Å². The number of aryl methyl sites for hydroxylation is 2. The van der Waals surface area contributed by atoms with Crippen molar-refractivity contribution < 1.29 is 4.74 Å². The molecular weight excluding hydrogens is 278 g/mol. The monoisotopic (exact) mass is 301 g/mol. The summed E-state index contributed by atoms with van der Waals surface area (Å²) in [7, 11) is 1.74. The molecule has 21 heavy (non-hydrogen) atoms. The summed E-state index contributed by atoms with van der Waals surface area (Å²) in [6, 6.07) is 11.5. The predicted molar refractivity (Wildman–Crippen MR) is 89.2 cm³/mol. The third-order valence-electron chi connectivity index (χ3n) is 4.26. The Morgan fingerprint density at radius 1 is 1.24 bits per heavy atom. The van der Waals surface area contributed by atoms with E-state index < -0.39 is 0 Å². The minimum absolute atomic E-state index is 0.455. The van der Waals surface area contributed by atoms with Crippen LogP contribution < -0.4 is 10.1 Å². The first-order valence-electron chi connectivity index (χ1n) is 7.78. The molecule has 1 atom stereocenters. The van der Waals surface area contributed by atoms with E-state index in [1.165, 1.54) is 40.1 Å². The van der Waals surface area contributed by atoms with E-state index in [2.05, 4.69) is 42.6 Å². The number of benzene rings is 1. The van der Waals surface area contributed by atoms with Crippen LogP contribution in [0.5, 0.6) is 5.75 Å². The Balaban J connectivity index is 1.72. The zero-order valence-electron chi connectivity index (χ0n) is 12.8. The standard InChI is InChI=1S/C18H23NOS/c1-3-15-9-10-16(21-15)12-19-18-6-4-5-13-7-8-14(20-2)11-17(13)18/h7-11,18-19H,3-6,12H2,1-2H3. The average molecular weight is 301 g/mol. The van der Waals surface area contributed by atoms with Crippen LogP contribution in [-0.2, 0) is 19.4 Å². The van der Waals surface area contributed by atoms with Crippen molar-refractivity contribution in [3.63, 3.8) is 0 Å². The number of rotatable bonds is 5. The minimum Gasteiger partial charge on any atom is -0.497 e. The Bertz CT molecular complexity index is 605. The van der Waals surface area contributed by atoms with Gasteiger partial charge in [0.15, 0.2) is 0 Å². The molecule has 1 aliphatic carbocycles. The number of ether oxygens (including phenoxy) is 1. The molecule has 0 amide bonds. The summed E-state index contributed by atoms with van der Waals surface area (Å²) >= 11 is 1.92. The first-order chi connectivity index (χ1) is 10.3. The van der Waals surface area contributed by atoms with Crippen molar-refractivity contribution in [3.05, 3.63) is 51.2 Å². The van der Waals surface area contributed by atoms with Crippen LogP contribution in [0.3, 0.4) is 0 Å². The van der Waals surface area contributed by atoms with Gasteiger partial charge < -0.3 is 10.1 Å². The number of fused-ring (bicyclic) bond motifs is 1. The molecule has 1 unspecified atom stereocenters. The molecule has 0 fully saturated rings. The maximum Gasteiger partial charge on any atom is 0.119 e. The predicted octanol–water partition coefficient (Wildman–Crippen LogP) is 4.49. The second-order valence-electron chi connectivity index (χ2n) is 5.61. The molecule has 1 aromatic carbocycles. The normalized spacial score (nSPS) is 17.5. The van der Waals surface area contributed by atoms with Gasteiger partial charge in [-0.15, -0.1) is 11.3 Å². The number of hydrogen-bond acceptors (Lipinski definition) is 3. The summed E-state index contributed by atoms with van der Waals surface area (Å²) in [5.74, 6) is 0.965.